The van der Waals surface area contributed by atoms with E-state index in [1.165, 1.54) is 7.11 Å². The van der Waals surface area contributed by atoms with Gasteiger partial charge in [0.05, 0.1) is 11.7 Å². The lowest BCUT2D eigenvalue weighted by molar-refractivity contribution is -0.137. The summed E-state index contributed by atoms with van der Waals surface area (Å²) in [5.74, 6) is -2.90. The number of likely N-dealkylation sites (tertiary alicyclic amines) is 1. The van der Waals surface area contributed by atoms with Crippen molar-refractivity contribution in [1.29, 1.82) is 0 Å². The average Bonchev–Trinajstić information content (AvgIpc) is 2.89. The maximum atomic E-state index is 13.4. The molecule has 5 nitrogen and oxygen atoms in total. The molecule has 126 valence electrons. The predicted molar refractivity (Wildman–Crippen MR) is 70.8 cm³/mol. The Hall–Kier alpha value is -2.16. The minimum atomic E-state index is -4.79. The standard InChI is InChI=1S/C14H14F4N2O3/c1-23-10-5-11(12(19)21)20(6-10)13(22)7-2-8(14(16,17)18)4-9(15)3-7/h2-4,10-11H,5-6H2,1H3,(H2,19,21)/t10-,11-/m0/s1. The second-order valence-electron chi connectivity index (χ2n) is 5.20. The van der Waals surface area contributed by atoms with Crippen molar-refractivity contribution in [3.63, 3.8) is 0 Å². The van der Waals surface area contributed by atoms with E-state index in [9.17, 15) is 27.2 Å². The summed E-state index contributed by atoms with van der Waals surface area (Å²) in [6, 6.07) is 0.522. The molecule has 23 heavy (non-hydrogen) atoms. The smallest absolute Gasteiger partial charge is 0.380 e. The van der Waals surface area contributed by atoms with E-state index in [-0.39, 0.29) is 13.0 Å². The first-order valence-corrected chi connectivity index (χ1v) is 6.64. The van der Waals surface area contributed by atoms with Gasteiger partial charge in [-0.05, 0) is 18.2 Å². The molecule has 2 amide bonds. The molecule has 2 rings (SSSR count). The quantitative estimate of drug-likeness (QED) is 0.853. The van der Waals surface area contributed by atoms with Crippen molar-refractivity contribution in [1.82, 2.24) is 4.90 Å². The number of primary amides is 1. The van der Waals surface area contributed by atoms with Gasteiger partial charge in [0.15, 0.2) is 0 Å². The summed E-state index contributed by atoms with van der Waals surface area (Å²) in [5.41, 5.74) is 3.43. The van der Waals surface area contributed by atoms with E-state index in [0.717, 1.165) is 4.90 Å². The Morgan fingerprint density at radius 3 is 2.48 bits per heavy atom. The highest BCUT2D eigenvalue weighted by atomic mass is 19.4. The lowest BCUT2D eigenvalue weighted by atomic mass is 10.1. The van der Waals surface area contributed by atoms with Gasteiger partial charge in [0.1, 0.15) is 11.9 Å². The van der Waals surface area contributed by atoms with Crippen LogP contribution in [0.4, 0.5) is 17.6 Å². The predicted octanol–water partition coefficient (Wildman–Crippen LogP) is 1.56. The van der Waals surface area contributed by atoms with E-state index in [1.807, 2.05) is 0 Å². The molecule has 1 saturated heterocycles. The topological polar surface area (TPSA) is 72.6 Å². The number of nitrogens with zero attached hydrogens (tertiary/aromatic N) is 1. The zero-order valence-corrected chi connectivity index (χ0v) is 12.1. The number of halogens is 4. The third kappa shape index (κ3) is 3.61. The van der Waals surface area contributed by atoms with Gasteiger partial charge in [-0.25, -0.2) is 4.39 Å². The van der Waals surface area contributed by atoms with Crippen molar-refractivity contribution in [3.05, 3.63) is 35.1 Å². The number of amides is 2. The number of alkyl halides is 3. The molecule has 0 bridgehead atoms. The van der Waals surface area contributed by atoms with Crippen LogP contribution in [0, 0.1) is 5.82 Å². The van der Waals surface area contributed by atoms with Crippen LogP contribution in [0.25, 0.3) is 0 Å². The zero-order valence-electron chi connectivity index (χ0n) is 12.1. The molecule has 9 heteroatoms. The molecular formula is C14H14F4N2O3. The molecule has 2 atom stereocenters. The molecule has 0 spiro atoms. The van der Waals surface area contributed by atoms with Crippen LogP contribution in [-0.4, -0.2) is 42.5 Å². The van der Waals surface area contributed by atoms with E-state index in [2.05, 4.69) is 0 Å². The second-order valence-corrected chi connectivity index (χ2v) is 5.20. The number of ether oxygens (including phenoxy) is 1. The largest absolute Gasteiger partial charge is 0.416 e. The van der Waals surface area contributed by atoms with Gasteiger partial charge in [-0.1, -0.05) is 0 Å². The SMILES string of the molecule is CO[C@H]1C[C@@H](C(N)=O)N(C(=O)c2cc(F)cc(C(F)(F)F)c2)C1. The first-order chi connectivity index (χ1) is 10.6. The van der Waals surface area contributed by atoms with E-state index >= 15 is 0 Å². The summed E-state index contributed by atoms with van der Waals surface area (Å²) in [5, 5.41) is 0. The molecule has 2 N–H and O–H groups in total. The number of benzene rings is 1. The van der Waals surface area contributed by atoms with Gasteiger partial charge in [-0.2, -0.15) is 13.2 Å². The van der Waals surface area contributed by atoms with Gasteiger partial charge in [0.25, 0.3) is 5.91 Å². The summed E-state index contributed by atoms with van der Waals surface area (Å²) in [4.78, 5) is 24.8. The molecule has 1 aromatic carbocycles. The van der Waals surface area contributed by atoms with E-state index < -0.39 is 47.1 Å². The van der Waals surface area contributed by atoms with Crippen molar-refractivity contribution in [3.8, 4) is 0 Å². The molecule has 1 aliphatic heterocycles. The highest BCUT2D eigenvalue weighted by Gasteiger charge is 2.40. The minimum Gasteiger partial charge on any atom is -0.380 e. The summed E-state index contributed by atoms with van der Waals surface area (Å²) in [7, 11) is 1.38. The Bertz CT molecular complexity index is 633. The second kappa shape index (κ2) is 6.15. The van der Waals surface area contributed by atoms with Crippen LogP contribution >= 0.6 is 0 Å². The van der Waals surface area contributed by atoms with Gasteiger partial charge < -0.3 is 15.4 Å². The maximum absolute atomic E-state index is 13.4. The van der Waals surface area contributed by atoms with Crippen molar-refractivity contribution < 1.29 is 31.9 Å². The fourth-order valence-electron chi connectivity index (χ4n) is 2.50. The number of hydrogen-bond acceptors (Lipinski definition) is 3. The number of rotatable bonds is 3. The molecule has 1 aromatic rings. The summed E-state index contributed by atoms with van der Waals surface area (Å²) < 4.78 is 56.6. The fourth-order valence-corrected chi connectivity index (χ4v) is 2.50. The van der Waals surface area contributed by atoms with Crippen molar-refractivity contribution in [2.75, 3.05) is 13.7 Å². The average molecular weight is 334 g/mol. The van der Waals surface area contributed by atoms with E-state index in [0.29, 0.717) is 18.2 Å². The van der Waals surface area contributed by atoms with Gasteiger partial charge in [0.2, 0.25) is 5.91 Å². The minimum absolute atomic E-state index is 0.0131. The third-order valence-corrected chi connectivity index (χ3v) is 3.66. The van der Waals surface area contributed by atoms with E-state index in [4.69, 9.17) is 10.5 Å². The van der Waals surface area contributed by atoms with Crippen LogP contribution in [0.1, 0.15) is 22.3 Å². The van der Waals surface area contributed by atoms with Crippen molar-refractivity contribution >= 4 is 11.8 Å². The first-order valence-electron chi connectivity index (χ1n) is 6.64. The summed E-state index contributed by atoms with van der Waals surface area (Å²) in [6.45, 7) is -0.0131. The van der Waals surface area contributed by atoms with E-state index in [1.54, 1.807) is 0 Å². The van der Waals surface area contributed by atoms with Crippen molar-refractivity contribution in [2.45, 2.75) is 24.7 Å². The number of nitrogens with two attached hydrogens (primary N) is 1. The Balaban J connectivity index is 2.36. The molecule has 0 unspecified atom stereocenters. The lowest BCUT2D eigenvalue weighted by Gasteiger charge is -2.22. The normalized spacial score (nSPS) is 21.5. The van der Waals surface area contributed by atoms with Crippen molar-refractivity contribution in [2.24, 2.45) is 5.73 Å². The van der Waals surface area contributed by atoms with Gasteiger partial charge in [-0.15, -0.1) is 0 Å². The van der Waals surface area contributed by atoms with Gasteiger partial charge in [0, 0.05) is 25.6 Å². The van der Waals surface area contributed by atoms with Gasteiger partial charge in [-0.3, -0.25) is 9.59 Å². The molecule has 1 fully saturated rings. The number of carbonyl (C=O) groups excluding carboxylic acids is 2. The number of hydrogen-bond donors (Lipinski definition) is 1. The lowest BCUT2D eigenvalue weighted by Crippen LogP contribution is -2.43. The Morgan fingerprint density at radius 1 is 1.30 bits per heavy atom. The maximum Gasteiger partial charge on any atom is 0.416 e. The Labute approximate surface area is 129 Å². The Kier molecular flexibility index (Phi) is 4.60. The summed E-state index contributed by atoms with van der Waals surface area (Å²) >= 11 is 0. The highest BCUT2D eigenvalue weighted by Crippen LogP contribution is 2.31. The third-order valence-electron chi connectivity index (χ3n) is 3.66. The molecule has 1 heterocycles. The van der Waals surface area contributed by atoms with Crippen LogP contribution < -0.4 is 5.73 Å². The van der Waals surface area contributed by atoms with Crippen LogP contribution in [0.2, 0.25) is 0 Å². The Morgan fingerprint density at radius 2 is 1.96 bits per heavy atom. The molecule has 0 aliphatic carbocycles. The summed E-state index contributed by atoms with van der Waals surface area (Å²) in [6.07, 6.45) is -5.12. The highest BCUT2D eigenvalue weighted by molar-refractivity contribution is 5.98. The van der Waals surface area contributed by atoms with Crippen LogP contribution in [-0.2, 0) is 15.7 Å². The fraction of sp³-hybridized carbons (Fsp3) is 0.429. The number of methoxy groups -OCH3 is 1. The van der Waals surface area contributed by atoms with Crippen LogP contribution in [0.5, 0.6) is 0 Å². The first kappa shape index (κ1) is 17.2. The molecule has 0 aromatic heterocycles. The zero-order chi connectivity index (χ0) is 17.4. The monoisotopic (exact) mass is 334 g/mol. The van der Waals surface area contributed by atoms with Crippen LogP contribution in [0.3, 0.4) is 0 Å². The van der Waals surface area contributed by atoms with Crippen LogP contribution in [0.15, 0.2) is 18.2 Å². The molecule has 0 saturated carbocycles. The van der Waals surface area contributed by atoms with Gasteiger partial charge >= 0.3 is 6.18 Å². The molecule has 1 aliphatic rings. The molecule has 0 radical (unpaired) electrons. The number of carbonyl (C=O) groups is 2. The molecular weight excluding hydrogens is 320 g/mol.